The number of H-pyrrole nitrogens is 1. The monoisotopic (exact) mass is 488 g/mol. The van der Waals surface area contributed by atoms with Gasteiger partial charge in [-0.1, -0.05) is 41.9 Å². The van der Waals surface area contributed by atoms with E-state index in [2.05, 4.69) is 20.6 Å². The Kier molecular flexibility index (Phi) is 8.14. The summed E-state index contributed by atoms with van der Waals surface area (Å²) in [5, 5.41) is 6.39. The smallest absolute Gasteiger partial charge is 0.246 e. The Hall–Kier alpha value is -4.10. The maximum Gasteiger partial charge on any atom is 0.246 e. The highest BCUT2D eigenvalue weighted by Crippen LogP contribution is 2.24. The number of nitrogens with one attached hydrogen (secondary N) is 3. The quantitative estimate of drug-likeness (QED) is 0.287. The second-order valence-electron chi connectivity index (χ2n) is 7.97. The van der Waals surface area contributed by atoms with E-state index in [0.717, 1.165) is 5.56 Å². The van der Waals surface area contributed by atoms with Crippen molar-refractivity contribution in [2.75, 3.05) is 5.32 Å². The minimum atomic E-state index is -0.698. The van der Waals surface area contributed by atoms with Crippen molar-refractivity contribution in [3.8, 4) is 11.5 Å². The number of rotatable bonds is 10. The molecule has 0 fully saturated rings. The number of benzene rings is 3. The van der Waals surface area contributed by atoms with Crippen molar-refractivity contribution in [2.45, 2.75) is 25.3 Å². The number of nitrogens with zero attached hydrogens (tertiary/aromatic N) is 1. The first-order chi connectivity index (χ1) is 17.0. The van der Waals surface area contributed by atoms with Gasteiger partial charge < -0.3 is 20.4 Å². The minimum absolute atomic E-state index is 0.117. The molecule has 0 saturated heterocycles. The van der Waals surface area contributed by atoms with Crippen LogP contribution in [-0.2, 0) is 22.4 Å². The molecule has 4 rings (SSSR count). The van der Waals surface area contributed by atoms with Gasteiger partial charge >= 0.3 is 0 Å². The highest BCUT2D eigenvalue weighted by Gasteiger charge is 2.21. The third-order valence-electron chi connectivity index (χ3n) is 5.29. The molecule has 1 unspecified atom stereocenters. The Balaban J connectivity index is 1.39. The predicted molar refractivity (Wildman–Crippen MR) is 136 cm³/mol. The molecule has 0 aliphatic rings. The van der Waals surface area contributed by atoms with E-state index in [4.69, 9.17) is 16.3 Å². The van der Waals surface area contributed by atoms with E-state index in [1.807, 2.05) is 30.3 Å². The summed E-state index contributed by atoms with van der Waals surface area (Å²) in [7, 11) is 0. The van der Waals surface area contributed by atoms with Crippen LogP contribution in [0.25, 0.3) is 0 Å². The summed E-state index contributed by atoms with van der Waals surface area (Å²) in [6.07, 6.45) is 4.33. The van der Waals surface area contributed by atoms with Crippen LogP contribution >= 0.6 is 11.6 Å². The van der Waals surface area contributed by atoms with E-state index in [9.17, 15) is 9.59 Å². The number of anilines is 1. The number of aromatic nitrogens is 2. The lowest BCUT2D eigenvalue weighted by Crippen LogP contribution is -2.44. The fraction of sp³-hybridized carbons (Fsp3) is 0.148. The molecule has 35 heavy (non-hydrogen) atoms. The fourth-order valence-electron chi connectivity index (χ4n) is 3.50. The van der Waals surface area contributed by atoms with Gasteiger partial charge in [0.15, 0.2) is 0 Å². The summed E-state index contributed by atoms with van der Waals surface area (Å²) in [5.74, 6) is 0.741. The van der Waals surface area contributed by atoms with Crippen molar-refractivity contribution in [1.82, 2.24) is 15.3 Å². The normalized spacial score (nSPS) is 11.5. The molecule has 0 bridgehead atoms. The number of carbonyl (C=O) groups is 2. The van der Waals surface area contributed by atoms with Crippen LogP contribution in [0.4, 0.5) is 5.69 Å². The van der Waals surface area contributed by atoms with Gasteiger partial charge in [-0.05, 0) is 66.9 Å². The van der Waals surface area contributed by atoms with Crippen LogP contribution in [0.15, 0.2) is 91.4 Å². The zero-order chi connectivity index (χ0) is 24.5. The summed E-state index contributed by atoms with van der Waals surface area (Å²) in [4.78, 5) is 32.5. The lowest BCUT2D eigenvalue weighted by Gasteiger charge is -2.19. The van der Waals surface area contributed by atoms with Gasteiger partial charge in [-0.25, -0.2) is 4.98 Å². The van der Waals surface area contributed by atoms with Gasteiger partial charge in [-0.15, -0.1) is 0 Å². The van der Waals surface area contributed by atoms with E-state index in [1.54, 1.807) is 54.7 Å². The number of amides is 2. The molecule has 3 N–H and O–H groups in total. The van der Waals surface area contributed by atoms with Crippen LogP contribution < -0.4 is 15.4 Å². The number of imidazole rings is 1. The highest BCUT2D eigenvalue weighted by molar-refractivity contribution is 6.30. The first-order valence-corrected chi connectivity index (χ1v) is 11.6. The van der Waals surface area contributed by atoms with Crippen LogP contribution in [0.2, 0.25) is 5.02 Å². The Morgan fingerprint density at radius 1 is 0.943 bits per heavy atom. The number of aromatic amines is 1. The van der Waals surface area contributed by atoms with Crippen molar-refractivity contribution in [2.24, 2.45) is 0 Å². The predicted octanol–water partition coefficient (Wildman–Crippen LogP) is 5.15. The molecule has 1 atom stereocenters. The van der Waals surface area contributed by atoms with Crippen molar-refractivity contribution < 1.29 is 14.3 Å². The summed E-state index contributed by atoms with van der Waals surface area (Å²) in [5.41, 5.74) is 2.38. The number of ether oxygens (including phenoxy) is 1. The molecule has 3 aromatic carbocycles. The Bertz CT molecular complexity index is 1230. The van der Waals surface area contributed by atoms with E-state index in [0.29, 0.717) is 40.7 Å². The molecule has 2 amide bonds. The molecular formula is C27H25ClN4O3. The average Bonchev–Trinajstić information content (AvgIpc) is 3.38. The van der Waals surface area contributed by atoms with E-state index >= 15 is 0 Å². The number of aryl methyl sites for hydroxylation is 1. The molecule has 7 nitrogen and oxygen atoms in total. The average molecular weight is 489 g/mol. The van der Waals surface area contributed by atoms with Gasteiger partial charge in [0.05, 0.1) is 12.7 Å². The second-order valence-corrected chi connectivity index (χ2v) is 8.40. The minimum Gasteiger partial charge on any atom is -0.457 e. The van der Waals surface area contributed by atoms with E-state index in [-0.39, 0.29) is 18.2 Å². The van der Waals surface area contributed by atoms with Crippen molar-refractivity contribution in [3.05, 3.63) is 108 Å². The highest BCUT2D eigenvalue weighted by atomic mass is 35.5. The number of halogens is 1. The Morgan fingerprint density at radius 2 is 1.63 bits per heavy atom. The molecular weight excluding hydrogens is 464 g/mol. The fourth-order valence-corrected chi connectivity index (χ4v) is 3.62. The zero-order valence-corrected chi connectivity index (χ0v) is 19.7. The molecule has 1 heterocycles. The molecule has 178 valence electrons. The lowest BCUT2D eigenvalue weighted by molar-refractivity contribution is -0.126. The van der Waals surface area contributed by atoms with Gasteiger partial charge in [0, 0.05) is 22.6 Å². The van der Waals surface area contributed by atoms with Gasteiger partial charge in [0.25, 0.3) is 0 Å². The first kappa shape index (κ1) is 24.0. The number of carbonyl (C=O) groups excluding carboxylic acids is 2. The molecule has 0 radical (unpaired) electrons. The van der Waals surface area contributed by atoms with Crippen molar-refractivity contribution in [3.63, 3.8) is 0 Å². The Labute approximate surface area is 208 Å². The molecule has 0 saturated carbocycles. The number of hydrogen-bond donors (Lipinski definition) is 3. The molecule has 0 spiro atoms. The van der Waals surface area contributed by atoms with Crippen LogP contribution in [0.5, 0.6) is 11.5 Å². The first-order valence-electron chi connectivity index (χ1n) is 11.2. The van der Waals surface area contributed by atoms with Crippen molar-refractivity contribution >= 4 is 29.1 Å². The summed E-state index contributed by atoms with van der Waals surface area (Å²) in [6, 6.07) is 23.3. The SMILES string of the molecule is O=C(Cc1cnc[nH]1)NC(CCc1ccccc1)C(=O)Nc1ccc(Oc2ccc(Cl)cc2)cc1. The molecule has 8 heteroatoms. The van der Waals surface area contributed by atoms with Gasteiger partial charge in [-0.3, -0.25) is 9.59 Å². The standard InChI is InChI=1S/C27H25ClN4O3/c28-20-7-11-23(12-8-20)35-24-13-9-21(10-14-24)31-27(34)25(15-6-19-4-2-1-3-5-19)32-26(33)16-22-17-29-18-30-22/h1-5,7-14,17-18,25H,6,15-16H2,(H,29,30)(H,31,34)(H,32,33). The maximum atomic E-state index is 13.1. The van der Waals surface area contributed by atoms with Crippen molar-refractivity contribution in [1.29, 1.82) is 0 Å². The van der Waals surface area contributed by atoms with E-state index in [1.165, 1.54) is 6.33 Å². The van der Waals surface area contributed by atoms with Crippen LogP contribution in [0.3, 0.4) is 0 Å². The van der Waals surface area contributed by atoms with Crippen LogP contribution in [-0.4, -0.2) is 27.8 Å². The topological polar surface area (TPSA) is 96.1 Å². The van der Waals surface area contributed by atoms with Gasteiger partial charge in [-0.2, -0.15) is 0 Å². The Morgan fingerprint density at radius 3 is 2.29 bits per heavy atom. The largest absolute Gasteiger partial charge is 0.457 e. The van der Waals surface area contributed by atoms with Crippen LogP contribution in [0.1, 0.15) is 17.7 Å². The lowest BCUT2D eigenvalue weighted by atomic mass is 10.0. The third kappa shape index (κ3) is 7.45. The molecule has 1 aromatic heterocycles. The van der Waals surface area contributed by atoms with Gasteiger partial charge in [0.2, 0.25) is 11.8 Å². The van der Waals surface area contributed by atoms with E-state index < -0.39 is 6.04 Å². The van der Waals surface area contributed by atoms with Crippen LogP contribution in [0, 0.1) is 0 Å². The third-order valence-corrected chi connectivity index (χ3v) is 5.55. The van der Waals surface area contributed by atoms with Gasteiger partial charge in [0.1, 0.15) is 17.5 Å². The molecule has 0 aliphatic heterocycles. The summed E-state index contributed by atoms with van der Waals surface area (Å²) < 4.78 is 5.79. The summed E-state index contributed by atoms with van der Waals surface area (Å²) >= 11 is 5.91. The zero-order valence-electron chi connectivity index (χ0n) is 18.9. The summed E-state index contributed by atoms with van der Waals surface area (Å²) in [6.45, 7) is 0. The molecule has 4 aromatic rings. The second kappa shape index (κ2) is 11.9. The molecule has 0 aliphatic carbocycles. The number of hydrogen-bond acceptors (Lipinski definition) is 4. The maximum absolute atomic E-state index is 13.1.